The maximum absolute atomic E-state index is 14.3. The first-order chi connectivity index (χ1) is 11.0. The van der Waals surface area contributed by atoms with Crippen LogP contribution in [-0.4, -0.2) is 28.2 Å². The molecule has 0 bridgehead atoms. The van der Waals surface area contributed by atoms with E-state index in [0.717, 1.165) is 0 Å². The Labute approximate surface area is 134 Å². The molecule has 1 aromatic carbocycles. The molecule has 2 aromatic rings. The summed E-state index contributed by atoms with van der Waals surface area (Å²) in [5.74, 6) is 0.607. The number of imidazole rings is 1. The molecule has 1 unspecified atom stereocenters. The molecule has 1 saturated carbocycles. The minimum Gasteiger partial charge on any atom is -0.368 e. The molecule has 3 rings (SSSR count). The van der Waals surface area contributed by atoms with Gasteiger partial charge in [-0.1, -0.05) is 0 Å². The van der Waals surface area contributed by atoms with Crippen molar-refractivity contribution in [2.24, 2.45) is 5.92 Å². The van der Waals surface area contributed by atoms with Crippen molar-refractivity contribution in [3.63, 3.8) is 0 Å². The summed E-state index contributed by atoms with van der Waals surface area (Å²) in [5, 5.41) is 2.68. The Morgan fingerprint density at radius 1 is 1.52 bits per heavy atom. The first-order valence-electron chi connectivity index (χ1n) is 7.77. The summed E-state index contributed by atoms with van der Waals surface area (Å²) < 4.78 is 21.4. The molecule has 122 valence electrons. The van der Waals surface area contributed by atoms with Crippen LogP contribution in [0.5, 0.6) is 0 Å². The fraction of sp³-hybridized carbons (Fsp3) is 0.412. The lowest BCUT2D eigenvalue weighted by Gasteiger charge is -2.14. The number of hydrogen-bond donors (Lipinski definition) is 1. The third-order valence-corrected chi connectivity index (χ3v) is 3.95. The molecular formula is C17H20FN3O2. The number of rotatable bonds is 6. The Morgan fingerprint density at radius 2 is 2.30 bits per heavy atom. The Bertz CT molecular complexity index is 710. The van der Waals surface area contributed by atoms with Crippen LogP contribution >= 0.6 is 0 Å². The maximum Gasteiger partial charge on any atom is 0.253 e. The monoisotopic (exact) mass is 317 g/mol. The Kier molecular flexibility index (Phi) is 4.43. The van der Waals surface area contributed by atoms with Gasteiger partial charge in [0.05, 0.1) is 12.3 Å². The van der Waals surface area contributed by atoms with E-state index in [-0.39, 0.29) is 5.91 Å². The van der Waals surface area contributed by atoms with Crippen molar-refractivity contribution in [1.82, 2.24) is 9.55 Å². The van der Waals surface area contributed by atoms with Gasteiger partial charge < -0.3 is 14.6 Å². The summed E-state index contributed by atoms with van der Waals surface area (Å²) in [7, 11) is 0. The standard InChI is InChI=1S/C17H20FN3O2/c1-11(23-10-13-3-4-13)17(22)20-14-5-6-16(15(18)9-14)21-8-7-19-12(21)2/h5-9,11,13H,3-4,10H2,1-2H3,(H,20,22). The molecule has 23 heavy (non-hydrogen) atoms. The third-order valence-electron chi connectivity index (χ3n) is 3.95. The summed E-state index contributed by atoms with van der Waals surface area (Å²) in [6.45, 7) is 4.12. The van der Waals surface area contributed by atoms with E-state index in [0.29, 0.717) is 29.7 Å². The predicted octanol–water partition coefficient (Wildman–Crippen LogP) is 3.07. The molecule has 1 atom stereocenters. The highest BCUT2D eigenvalue weighted by atomic mass is 19.1. The zero-order valence-corrected chi connectivity index (χ0v) is 13.3. The summed E-state index contributed by atoms with van der Waals surface area (Å²) >= 11 is 0. The van der Waals surface area contributed by atoms with E-state index < -0.39 is 11.9 Å². The number of aryl methyl sites for hydroxylation is 1. The van der Waals surface area contributed by atoms with Crippen molar-refractivity contribution in [2.75, 3.05) is 11.9 Å². The number of ether oxygens (including phenoxy) is 1. The summed E-state index contributed by atoms with van der Waals surface area (Å²) in [6, 6.07) is 4.60. The summed E-state index contributed by atoms with van der Waals surface area (Å²) in [6.07, 6.45) is 5.11. The van der Waals surface area contributed by atoms with Crippen LogP contribution in [0, 0.1) is 18.7 Å². The number of nitrogens with one attached hydrogen (secondary N) is 1. The number of halogens is 1. The van der Waals surface area contributed by atoms with Gasteiger partial charge in [-0.3, -0.25) is 4.79 Å². The number of aromatic nitrogens is 2. The highest BCUT2D eigenvalue weighted by Crippen LogP contribution is 2.29. The second kappa shape index (κ2) is 6.50. The largest absolute Gasteiger partial charge is 0.368 e. The topological polar surface area (TPSA) is 56.2 Å². The van der Waals surface area contributed by atoms with Gasteiger partial charge in [0.25, 0.3) is 5.91 Å². The third kappa shape index (κ3) is 3.76. The van der Waals surface area contributed by atoms with Crippen molar-refractivity contribution in [3.8, 4) is 5.69 Å². The molecule has 6 heteroatoms. The zero-order valence-electron chi connectivity index (χ0n) is 13.3. The van der Waals surface area contributed by atoms with E-state index in [1.54, 1.807) is 42.9 Å². The molecule has 1 aromatic heterocycles. The van der Waals surface area contributed by atoms with E-state index in [1.165, 1.54) is 18.9 Å². The van der Waals surface area contributed by atoms with Gasteiger partial charge in [-0.25, -0.2) is 9.37 Å². The van der Waals surface area contributed by atoms with Crippen LogP contribution in [0.15, 0.2) is 30.6 Å². The van der Waals surface area contributed by atoms with Crippen molar-refractivity contribution in [1.29, 1.82) is 0 Å². The highest BCUT2D eigenvalue weighted by Gasteiger charge is 2.24. The van der Waals surface area contributed by atoms with Gasteiger partial charge >= 0.3 is 0 Å². The second-order valence-corrected chi connectivity index (χ2v) is 5.92. The van der Waals surface area contributed by atoms with Gasteiger partial charge in [0.2, 0.25) is 0 Å². The first kappa shape index (κ1) is 15.7. The number of benzene rings is 1. The first-order valence-corrected chi connectivity index (χ1v) is 7.77. The summed E-state index contributed by atoms with van der Waals surface area (Å²) in [4.78, 5) is 16.1. The lowest BCUT2D eigenvalue weighted by molar-refractivity contribution is -0.126. The van der Waals surface area contributed by atoms with Gasteiger partial charge in [-0.2, -0.15) is 0 Å². The van der Waals surface area contributed by atoms with Crippen LogP contribution in [0.2, 0.25) is 0 Å². The van der Waals surface area contributed by atoms with Crippen molar-refractivity contribution in [2.45, 2.75) is 32.8 Å². The Hall–Kier alpha value is -2.21. The van der Waals surface area contributed by atoms with Crippen LogP contribution in [0.4, 0.5) is 10.1 Å². The van der Waals surface area contributed by atoms with Gasteiger partial charge in [0.15, 0.2) is 0 Å². The van der Waals surface area contributed by atoms with Crippen LogP contribution in [0.3, 0.4) is 0 Å². The molecule has 0 spiro atoms. The molecule has 1 heterocycles. The van der Waals surface area contributed by atoms with E-state index in [1.807, 2.05) is 0 Å². The minimum absolute atomic E-state index is 0.267. The fourth-order valence-electron chi connectivity index (χ4n) is 2.30. The van der Waals surface area contributed by atoms with Crippen molar-refractivity contribution < 1.29 is 13.9 Å². The molecule has 0 aliphatic heterocycles. The van der Waals surface area contributed by atoms with E-state index in [9.17, 15) is 9.18 Å². The minimum atomic E-state index is -0.547. The highest BCUT2D eigenvalue weighted by molar-refractivity contribution is 5.94. The number of anilines is 1. The number of carbonyl (C=O) groups excluding carboxylic acids is 1. The fourth-order valence-corrected chi connectivity index (χ4v) is 2.30. The molecular weight excluding hydrogens is 297 g/mol. The number of amides is 1. The molecule has 1 aliphatic carbocycles. The normalized spacial score (nSPS) is 15.4. The van der Waals surface area contributed by atoms with Gasteiger partial charge in [-0.05, 0) is 50.8 Å². The summed E-state index contributed by atoms with van der Waals surface area (Å²) in [5.41, 5.74) is 0.812. The average Bonchev–Trinajstić information content (AvgIpc) is 3.26. The lowest BCUT2D eigenvalue weighted by Crippen LogP contribution is -2.28. The molecule has 5 nitrogen and oxygen atoms in total. The average molecular weight is 317 g/mol. The zero-order chi connectivity index (χ0) is 16.4. The molecule has 1 N–H and O–H groups in total. The number of carbonyl (C=O) groups is 1. The van der Waals surface area contributed by atoms with Crippen LogP contribution in [0.25, 0.3) is 5.69 Å². The SMILES string of the molecule is Cc1nccn1-c1ccc(NC(=O)C(C)OCC2CC2)cc1F. The number of nitrogens with zero attached hydrogens (tertiary/aromatic N) is 2. The maximum atomic E-state index is 14.3. The lowest BCUT2D eigenvalue weighted by atomic mass is 10.2. The Morgan fingerprint density at radius 3 is 2.91 bits per heavy atom. The molecule has 1 aliphatic rings. The molecule has 0 radical (unpaired) electrons. The van der Waals surface area contributed by atoms with E-state index >= 15 is 0 Å². The smallest absolute Gasteiger partial charge is 0.253 e. The quantitative estimate of drug-likeness (QED) is 0.891. The van der Waals surface area contributed by atoms with Crippen LogP contribution in [-0.2, 0) is 9.53 Å². The van der Waals surface area contributed by atoms with Crippen LogP contribution in [0.1, 0.15) is 25.6 Å². The van der Waals surface area contributed by atoms with Gasteiger partial charge in [0, 0.05) is 18.1 Å². The van der Waals surface area contributed by atoms with E-state index in [2.05, 4.69) is 10.3 Å². The molecule has 1 fully saturated rings. The Balaban J connectivity index is 1.65. The van der Waals surface area contributed by atoms with Crippen LogP contribution < -0.4 is 5.32 Å². The predicted molar refractivity (Wildman–Crippen MR) is 85.0 cm³/mol. The molecule has 0 saturated heterocycles. The van der Waals surface area contributed by atoms with Crippen molar-refractivity contribution >= 4 is 11.6 Å². The second-order valence-electron chi connectivity index (χ2n) is 5.92. The molecule has 1 amide bonds. The number of hydrogen-bond acceptors (Lipinski definition) is 3. The van der Waals surface area contributed by atoms with E-state index in [4.69, 9.17) is 4.74 Å². The van der Waals surface area contributed by atoms with Crippen molar-refractivity contribution in [3.05, 3.63) is 42.2 Å². The van der Waals surface area contributed by atoms with Gasteiger partial charge in [-0.15, -0.1) is 0 Å². The van der Waals surface area contributed by atoms with Gasteiger partial charge in [0.1, 0.15) is 17.7 Å².